The number of nitrogens with zero attached hydrogens (tertiary/aromatic N) is 1. The Hall–Kier alpha value is -2.86. The van der Waals surface area contributed by atoms with E-state index in [4.69, 9.17) is 4.74 Å². The maximum absolute atomic E-state index is 12.5. The van der Waals surface area contributed by atoms with Crippen molar-refractivity contribution < 1.29 is 17.9 Å². The second-order valence-corrected chi connectivity index (χ2v) is 8.84. The first-order valence-electron chi connectivity index (χ1n) is 8.93. The predicted octanol–water partition coefficient (Wildman–Crippen LogP) is 3.84. The lowest BCUT2D eigenvalue weighted by molar-refractivity contribution is -0.134. The van der Waals surface area contributed by atoms with Gasteiger partial charge in [-0.25, -0.2) is 8.42 Å². The molecule has 3 aromatic carbocycles. The summed E-state index contributed by atoms with van der Waals surface area (Å²) in [6, 6.07) is 20.1. The molecule has 6 heteroatoms. The largest absolute Gasteiger partial charge is 0.484 e. The van der Waals surface area contributed by atoms with E-state index in [0.717, 1.165) is 16.3 Å². The van der Waals surface area contributed by atoms with E-state index >= 15 is 0 Å². The molecule has 5 nitrogen and oxygen atoms in total. The van der Waals surface area contributed by atoms with Crippen LogP contribution in [0.1, 0.15) is 18.5 Å². The number of carbonyl (C=O) groups excluding carboxylic acids is 1. The Morgan fingerprint density at radius 1 is 1.00 bits per heavy atom. The number of sulfone groups is 1. The number of benzene rings is 3. The summed E-state index contributed by atoms with van der Waals surface area (Å²) in [5.74, 6) is 0.485. The van der Waals surface area contributed by atoms with Gasteiger partial charge in [-0.15, -0.1) is 0 Å². The molecule has 0 unspecified atom stereocenters. The molecule has 1 atom stereocenters. The minimum absolute atomic E-state index is 0.0688. The zero-order valence-corrected chi connectivity index (χ0v) is 16.9. The third-order valence-electron chi connectivity index (χ3n) is 4.85. The van der Waals surface area contributed by atoms with Crippen LogP contribution in [0.25, 0.3) is 10.8 Å². The van der Waals surface area contributed by atoms with E-state index in [0.29, 0.717) is 5.75 Å². The van der Waals surface area contributed by atoms with E-state index in [-0.39, 0.29) is 23.5 Å². The highest BCUT2D eigenvalue weighted by atomic mass is 32.2. The summed E-state index contributed by atoms with van der Waals surface area (Å²) >= 11 is 0. The Bertz CT molecular complexity index is 1090. The summed E-state index contributed by atoms with van der Waals surface area (Å²) in [7, 11) is -1.53. The van der Waals surface area contributed by atoms with Gasteiger partial charge in [0.05, 0.1) is 10.9 Å². The lowest BCUT2D eigenvalue weighted by Gasteiger charge is -2.25. The van der Waals surface area contributed by atoms with Gasteiger partial charge in [-0.1, -0.05) is 42.5 Å². The Kier molecular flexibility index (Phi) is 5.70. The Morgan fingerprint density at radius 3 is 2.29 bits per heavy atom. The van der Waals surface area contributed by atoms with E-state index in [9.17, 15) is 13.2 Å². The molecule has 0 aromatic heterocycles. The van der Waals surface area contributed by atoms with Gasteiger partial charge in [-0.3, -0.25) is 4.79 Å². The molecule has 1 amide bonds. The molecule has 0 saturated carbocycles. The van der Waals surface area contributed by atoms with Gasteiger partial charge >= 0.3 is 0 Å². The van der Waals surface area contributed by atoms with E-state index < -0.39 is 9.84 Å². The summed E-state index contributed by atoms with van der Waals surface area (Å²) < 4.78 is 28.8. The molecule has 0 spiro atoms. The summed E-state index contributed by atoms with van der Waals surface area (Å²) in [6.07, 6.45) is 1.17. The molecule has 0 heterocycles. The smallest absolute Gasteiger partial charge is 0.260 e. The molecule has 0 saturated heterocycles. The fraction of sp³-hybridized carbons (Fsp3) is 0.227. The maximum atomic E-state index is 12.5. The number of fused-ring (bicyclic) bond motifs is 1. The molecular weight excluding hydrogens is 374 g/mol. The van der Waals surface area contributed by atoms with Crippen LogP contribution in [0.15, 0.2) is 71.6 Å². The van der Waals surface area contributed by atoms with Gasteiger partial charge in [-0.05, 0) is 47.5 Å². The number of ether oxygens (including phenoxy) is 1. The van der Waals surface area contributed by atoms with Crippen LogP contribution >= 0.6 is 0 Å². The van der Waals surface area contributed by atoms with Crippen molar-refractivity contribution in [3.05, 3.63) is 72.3 Å². The monoisotopic (exact) mass is 397 g/mol. The van der Waals surface area contributed by atoms with Crippen molar-refractivity contribution in [2.75, 3.05) is 19.9 Å². The highest BCUT2D eigenvalue weighted by Crippen LogP contribution is 2.23. The molecule has 0 aliphatic rings. The van der Waals surface area contributed by atoms with Crippen LogP contribution in [-0.2, 0) is 14.6 Å². The standard InChI is InChI=1S/C22H23NO4S/c1-16(17-9-12-21(13-10-17)28(3,25)26)23(2)22(24)15-27-20-11-8-18-6-4-5-7-19(18)14-20/h4-14,16H,15H2,1-3H3/t16-/m1/s1. The van der Waals surface area contributed by atoms with E-state index in [1.54, 1.807) is 36.2 Å². The minimum atomic E-state index is -3.24. The normalized spacial score (nSPS) is 12.5. The van der Waals surface area contributed by atoms with Gasteiger partial charge in [0, 0.05) is 13.3 Å². The summed E-state index contributed by atoms with van der Waals surface area (Å²) in [6.45, 7) is 1.82. The zero-order chi connectivity index (χ0) is 20.3. The van der Waals surface area contributed by atoms with E-state index in [1.165, 1.54) is 6.26 Å². The second kappa shape index (κ2) is 8.02. The minimum Gasteiger partial charge on any atom is -0.484 e. The Morgan fingerprint density at radius 2 is 1.64 bits per heavy atom. The first-order valence-corrected chi connectivity index (χ1v) is 10.8. The van der Waals surface area contributed by atoms with Gasteiger partial charge in [0.25, 0.3) is 5.91 Å². The number of amides is 1. The van der Waals surface area contributed by atoms with Gasteiger partial charge in [0.1, 0.15) is 5.75 Å². The summed E-state index contributed by atoms with van der Waals surface area (Å²) in [5.41, 5.74) is 0.856. The average molecular weight is 397 g/mol. The molecular formula is C22H23NO4S. The Labute approximate surface area is 165 Å². The lowest BCUT2D eigenvalue weighted by atomic mass is 10.1. The topological polar surface area (TPSA) is 63.7 Å². The van der Waals surface area contributed by atoms with Gasteiger partial charge in [0.2, 0.25) is 0 Å². The molecule has 146 valence electrons. The van der Waals surface area contributed by atoms with Crippen LogP contribution in [0.4, 0.5) is 0 Å². The first-order chi connectivity index (χ1) is 13.3. The maximum Gasteiger partial charge on any atom is 0.260 e. The number of hydrogen-bond acceptors (Lipinski definition) is 4. The number of carbonyl (C=O) groups is 1. The SMILES string of the molecule is C[C@H](c1ccc(S(C)(=O)=O)cc1)N(C)C(=O)COc1ccc2ccccc2c1. The van der Waals surface area contributed by atoms with Crippen LogP contribution in [0, 0.1) is 0 Å². The van der Waals surface area contributed by atoms with Gasteiger partial charge < -0.3 is 9.64 Å². The molecule has 0 N–H and O–H groups in total. The number of rotatable bonds is 6. The summed E-state index contributed by atoms with van der Waals surface area (Å²) in [5, 5.41) is 2.17. The highest BCUT2D eigenvalue weighted by Gasteiger charge is 2.18. The molecule has 0 aliphatic heterocycles. The highest BCUT2D eigenvalue weighted by molar-refractivity contribution is 7.90. The van der Waals surface area contributed by atoms with E-state index in [2.05, 4.69) is 0 Å². The lowest BCUT2D eigenvalue weighted by Crippen LogP contribution is -2.33. The van der Waals surface area contributed by atoms with Crippen molar-refractivity contribution in [2.45, 2.75) is 17.9 Å². The molecule has 3 aromatic rings. The third kappa shape index (κ3) is 4.51. The second-order valence-electron chi connectivity index (χ2n) is 6.82. The summed E-state index contributed by atoms with van der Waals surface area (Å²) in [4.78, 5) is 14.4. The fourth-order valence-electron chi connectivity index (χ4n) is 2.94. The van der Waals surface area contributed by atoms with Crippen molar-refractivity contribution >= 4 is 26.5 Å². The van der Waals surface area contributed by atoms with Gasteiger partial charge in [0.15, 0.2) is 16.4 Å². The molecule has 0 fully saturated rings. The zero-order valence-electron chi connectivity index (χ0n) is 16.1. The average Bonchev–Trinajstić information content (AvgIpc) is 2.70. The van der Waals surface area contributed by atoms with Crippen LogP contribution in [0.3, 0.4) is 0 Å². The van der Waals surface area contributed by atoms with Crippen LogP contribution in [0.5, 0.6) is 5.75 Å². The van der Waals surface area contributed by atoms with Crippen LogP contribution in [0.2, 0.25) is 0 Å². The van der Waals surface area contributed by atoms with E-state index in [1.807, 2.05) is 49.4 Å². The third-order valence-corrected chi connectivity index (χ3v) is 5.98. The fourth-order valence-corrected chi connectivity index (χ4v) is 3.57. The molecule has 0 bridgehead atoms. The molecule has 0 radical (unpaired) electrons. The van der Waals surface area contributed by atoms with Crippen molar-refractivity contribution in [3.8, 4) is 5.75 Å². The van der Waals surface area contributed by atoms with Crippen LogP contribution < -0.4 is 4.74 Å². The van der Waals surface area contributed by atoms with Crippen molar-refractivity contribution in [1.82, 2.24) is 4.90 Å². The van der Waals surface area contributed by atoms with Crippen molar-refractivity contribution in [3.63, 3.8) is 0 Å². The number of likely N-dealkylation sites (N-methyl/N-ethyl adjacent to an activating group) is 1. The molecule has 28 heavy (non-hydrogen) atoms. The predicted molar refractivity (Wildman–Crippen MR) is 110 cm³/mol. The quantitative estimate of drug-likeness (QED) is 0.634. The Balaban J connectivity index is 1.64. The van der Waals surface area contributed by atoms with Crippen molar-refractivity contribution in [2.24, 2.45) is 0 Å². The van der Waals surface area contributed by atoms with Gasteiger partial charge in [-0.2, -0.15) is 0 Å². The first kappa shape index (κ1) is 19.9. The molecule has 3 rings (SSSR count). The van der Waals surface area contributed by atoms with Crippen LogP contribution in [-0.4, -0.2) is 39.1 Å². The number of hydrogen-bond donors (Lipinski definition) is 0. The van der Waals surface area contributed by atoms with Crippen molar-refractivity contribution in [1.29, 1.82) is 0 Å². The molecule has 0 aliphatic carbocycles.